The summed E-state index contributed by atoms with van der Waals surface area (Å²) < 4.78 is 13.7. The van der Waals surface area contributed by atoms with Crippen molar-refractivity contribution in [1.29, 1.82) is 5.26 Å². The first-order chi connectivity index (χ1) is 11.0. The fourth-order valence-electron chi connectivity index (χ4n) is 2.10. The van der Waals surface area contributed by atoms with E-state index in [1.807, 2.05) is 30.3 Å². The van der Waals surface area contributed by atoms with E-state index in [-0.39, 0.29) is 36.5 Å². The Morgan fingerprint density at radius 2 is 2.04 bits per heavy atom. The van der Waals surface area contributed by atoms with E-state index in [4.69, 9.17) is 11.0 Å². The molecule has 0 saturated carbocycles. The van der Waals surface area contributed by atoms with Crippen LogP contribution in [0.25, 0.3) is 0 Å². The lowest BCUT2D eigenvalue weighted by atomic mass is 10.0. The third kappa shape index (κ3) is 5.49. The highest BCUT2D eigenvalue weighted by atomic mass is 127. The van der Waals surface area contributed by atoms with Crippen LogP contribution in [0.1, 0.15) is 36.5 Å². The Kier molecular flexibility index (Phi) is 7.65. The quantitative estimate of drug-likeness (QED) is 0.423. The monoisotopic (exact) mass is 438 g/mol. The van der Waals surface area contributed by atoms with Crippen molar-refractivity contribution in [3.63, 3.8) is 0 Å². The molecular weight excluding hydrogens is 418 g/mol. The van der Waals surface area contributed by atoms with Crippen LogP contribution in [0.5, 0.6) is 0 Å². The normalized spacial score (nSPS) is 10.9. The molecule has 2 aromatic rings. The molecule has 0 saturated heterocycles. The molecule has 3 N–H and O–H groups in total. The standard InChI is InChI=1S/C18H19FN4.HI/c1-12(2)14-4-3-5-16(9-14)23-18(21)22-11-15-8-13(10-20)6-7-17(15)19;/h3-9,12H,11H2,1-2H3,(H3,21,22,23);1H. The summed E-state index contributed by atoms with van der Waals surface area (Å²) in [5, 5.41) is 11.8. The summed E-state index contributed by atoms with van der Waals surface area (Å²) in [6.45, 7) is 4.30. The van der Waals surface area contributed by atoms with Gasteiger partial charge in [0.2, 0.25) is 0 Å². The molecule has 0 unspecified atom stereocenters. The first-order valence-electron chi connectivity index (χ1n) is 7.35. The number of nitrogens with two attached hydrogens (primary N) is 1. The van der Waals surface area contributed by atoms with Crippen molar-refractivity contribution in [2.45, 2.75) is 26.3 Å². The van der Waals surface area contributed by atoms with E-state index in [0.29, 0.717) is 17.0 Å². The Bertz CT molecular complexity index is 766. The van der Waals surface area contributed by atoms with E-state index in [1.54, 1.807) is 0 Å². The maximum atomic E-state index is 13.7. The van der Waals surface area contributed by atoms with Gasteiger partial charge >= 0.3 is 0 Å². The minimum atomic E-state index is -0.401. The minimum Gasteiger partial charge on any atom is -0.370 e. The van der Waals surface area contributed by atoms with Crippen molar-refractivity contribution in [2.75, 3.05) is 5.32 Å². The molecule has 0 aliphatic carbocycles. The summed E-state index contributed by atoms with van der Waals surface area (Å²) >= 11 is 0. The van der Waals surface area contributed by atoms with Crippen LogP contribution in [0.3, 0.4) is 0 Å². The van der Waals surface area contributed by atoms with Gasteiger partial charge in [-0.2, -0.15) is 5.26 Å². The van der Waals surface area contributed by atoms with Gasteiger partial charge in [0, 0.05) is 11.3 Å². The van der Waals surface area contributed by atoms with Gasteiger partial charge < -0.3 is 11.1 Å². The second-order valence-electron chi connectivity index (χ2n) is 5.52. The molecule has 126 valence electrons. The number of nitrogens with one attached hydrogen (secondary N) is 1. The van der Waals surface area contributed by atoms with Gasteiger partial charge in [-0.15, -0.1) is 24.0 Å². The van der Waals surface area contributed by atoms with Gasteiger partial charge in [-0.05, 0) is 41.8 Å². The number of nitrogens with zero attached hydrogens (tertiary/aromatic N) is 2. The molecule has 4 nitrogen and oxygen atoms in total. The van der Waals surface area contributed by atoms with Crippen molar-refractivity contribution >= 4 is 35.6 Å². The lowest BCUT2D eigenvalue weighted by molar-refractivity contribution is 0.610. The number of hydrogen-bond acceptors (Lipinski definition) is 2. The fraction of sp³-hybridized carbons (Fsp3) is 0.222. The van der Waals surface area contributed by atoms with E-state index in [1.165, 1.54) is 23.8 Å². The van der Waals surface area contributed by atoms with Gasteiger partial charge in [0.05, 0.1) is 18.2 Å². The largest absolute Gasteiger partial charge is 0.370 e. The number of rotatable bonds is 4. The molecule has 24 heavy (non-hydrogen) atoms. The van der Waals surface area contributed by atoms with Crippen LogP contribution in [0.4, 0.5) is 10.1 Å². The second kappa shape index (κ2) is 9.23. The maximum Gasteiger partial charge on any atom is 0.193 e. The van der Waals surface area contributed by atoms with E-state index in [2.05, 4.69) is 24.2 Å². The SMILES string of the molecule is CC(C)c1cccc(NC(N)=NCc2cc(C#N)ccc2F)c1.I. The van der Waals surface area contributed by atoms with Gasteiger partial charge in [0.25, 0.3) is 0 Å². The molecule has 0 heterocycles. The van der Waals surface area contributed by atoms with Crippen LogP contribution in [-0.4, -0.2) is 5.96 Å². The third-order valence-electron chi connectivity index (χ3n) is 3.42. The molecular formula is C18H20FIN4. The molecule has 0 aliphatic rings. The number of anilines is 1. The van der Waals surface area contributed by atoms with Gasteiger partial charge in [0.1, 0.15) is 5.82 Å². The molecule has 6 heteroatoms. The molecule has 0 fully saturated rings. The Balaban J connectivity index is 0.00000288. The zero-order valence-corrected chi connectivity index (χ0v) is 15.9. The zero-order chi connectivity index (χ0) is 16.8. The van der Waals surface area contributed by atoms with E-state index in [9.17, 15) is 4.39 Å². The van der Waals surface area contributed by atoms with Crippen LogP contribution in [-0.2, 0) is 6.54 Å². The van der Waals surface area contributed by atoms with Gasteiger partial charge in [0.15, 0.2) is 5.96 Å². The molecule has 0 bridgehead atoms. The predicted molar refractivity (Wildman–Crippen MR) is 106 cm³/mol. The van der Waals surface area contributed by atoms with Crippen molar-refractivity contribution in [1.82, 2.24) is 0 Å². The van der Waals surface area contributed by atoms with Crippen LogP contribution in [0.2, 0.25) is 0 Å². The van der Waals surface area contributed by atoms with Crippen molar-refractivity contribution in [3.05, 3.63) is 65.0 Å². The first kappa shape index (κ1) is 19.9. The van der Waals surface area contributed by atoms with E-state index in [0.717, 1.165) is 5.69 Å². The van der Waals surface area contributed by atoms with Gasteiger partial charge in [-0.3, -0.25) is 0 Å². The second-order valence-corrected chi connectivity index (χ2v) is 5.52. The average Bonchev–Trinajstić information content (AvgIpc) is 2.54. The zero-order valence-electron chi connectivity index (χ0n) is 13.6. The Morgan fingerprint density at radius 3 is 2.71 bits per heavy atom. The van der Waals surface area contributed by atoms with Crippen LogP contribution < -0.4 is 11.1 Å². The predicted octanol–water partition coefficient (Wildman–Crippen LogP) is 4.37. The summed E-state index contributed by atoms with van der Waals surface area (Å²) in [5.74, 6) is 0.216. The smallest absolute Gasteiger partial charge is 0.193 e. The highest BCUT2D eigenvalue weighted by Crippen LogP contribution is 2.18. The summed E-state index contributed by atoms with van der Waals surface area (Å²) in [7, 11) is 0. The van der Waals surface area contributed by atoms with Crippen molar-refractivity contribution < 1.29 is 4.39 Å². The topological polar surface area (TPSA) is 74.2 Å². The number of nitriles is 1. The van der Waals surface area contributed by atoms with Crippen LogP contribution in [0, 0.1) is 17.1 Å². The third-order valence-corrected chi connectivity index (χ3v) is 3.42. The highest BCUT2D eigenvalue weighted by Gasteiger charge is 2.04. The lowest BCUT2D eigenvalue weighted by Gasteiger charge is -2.10. The molecule has 0 aliphatic heterocycles. The molecule has 0 atom stereocenters. The molecule has 0 aromatic heterocycles. The van der Waals surface area contributed by atoms with Gasteiger partial charge in [-0.25, -0.2) is 9.38 Å². The molecule has 0 spiro atoms. The summed E-state index contributed by atoms with van der Waals surface area (Å²) in [5.41, 5.74) is 8.61. The van der Waals surface area contributed by atoms with E-state index < -0.39 is 5.82 Å². The number of guanidine groups is 1. The molecule has 2 aromatic carbocycles. The van der Waals surface area contributed by atoms with Gasteiger partial charge in [-0.1, -0.05) is 26.0 Å². The number of benzene rings is 2. The van der Waals surface area contributed by atoms with Crippen LogP contribution in [0.15, 0.2) is 47.5 Å². The fourth-order valence-corrected chi connectivity index (χ4v) is 2.10. The molecule has 2 rings (SSSR count). The van der Waals surface area contributed by atoms with Crippen molar-refractivity contribution in [3.8, 4) is 6.07 Å². The number of halogens is 2. The highest BCUT2D eigenvalue weighted by molar-refractivity contribution is 14.0. The van der Waals surface area contributed by atoms with Crippen LogP contribution >= 0.6 is 24.0 Å². The summed E-state index contributed by atoms with van der Waals surface area (Å²) in [4.78, 5) is 4.13. The average molecular weight is 438 g/mol. The Hall–Kier alpha value is -2.14. The number of hydrogen-bond donors (Lipinski definition) is 2. The van der Waals surface area contributed by atoms with E-state index >= 15 is 0 Å². The molecule has 0 amide bonds. The lowest BCUT2D eigenvalue weighted by Crippen LogP contribution is -2.22. The Morgan fingerprint density at radius 1 is 1.29 bits per heavy atom. The Labute approximate surface area is 158 Å². The summed E-state index contributed by atoms with van der Waals surface area (Å²) in [6, 6.07) is 14.0. The molecule has 0 radical (unpaired) electrons. The number of aliphatic imine (C=N–C) groups is 1. The first-order valence-corrected chi connectivity index (χ1v) is 7.35. The van der Waals surface area contributed by atoms with Crippen molar-refractivity contribution in [2.24, 2.45) is 10.7 Å². The minimum absolute atomic E-state index is 0. The summed E-state index contributed by atoms with van der Waals surface area (Å²) in [6.07, 6.45) is 0. The maximum absolute atomic E-state index is 13.7.